The number of ether oxygens (including phenoxy) is 1. The Morgan fingerprint density at radius 1 is 1.10 bits per heavy atom. The SMILES string of the molecule is C=CC(=O)OC[Si]1(C)CCC(C)(C(C)[Si](C)(O[Si](C)(C)C)O[Si](C)(C)C)O[Si]1(C)C. The third-order valence-corrected chi connectivity index (χ3v) is 33.1. The molecule has 0 spiro atoms. The Bertz CT molecular complexity index is 626. The minimum atomic E-state index is -2.50. The molecule has 1 fully saturated rings. The zero-order chi connectivity index (χ0) is 23.8. The van der Waals surface area contributed by atoms with Crippen molar-refractivity contribution >= 4 is 46.6 Å². The van der Waals surface area contributed by atoms with Gasteiger partial charge in [-0.2, -0.15) is 0 Å². The van der Waals surface area contributed by atoms with Crippen LogP contribution in [0.5, 0.6) is 0 Å². The van der Waals surface area contributed by atoms with Crippen molar-refractivity contribution < 1.29 is 22.2 Å². The van der Waals surface area contributed by atoms with E-state index in [4.69, 9.17) is 17.4 Å². The van der Waals surface area contributed by atoms with E-state index in [1.54, 1.807) is 0 Å². The molecule has 1 heterocycles. The molecule has 0 saturated carbocycles. The molecule has 0 aromatic rings. The fourth-order valence-corrected chi connectivity index (χ4v) is 26.7. The summed E-state index contributed by atoms with van der Waals surface area (Å²) in [4.78, 5) is 11.7. The summed E-state index contributed by atoms with van der Waals surface area (Å²) < 4.78 is 26.3. The van der Waals surface area contributed by atoms with Gasteiger partial charge in [-0.25, -0.2) is 4.79 Å². The van der Waals surface area contributed by atoms with Crippen molar-refractivity contribution in [3.8, 4) is 0 Å². The van der Waals surface area contributed by atoms with E-state index in [2.05, 4.69) is 85.9 Å². The largest absolute Gasteiger partial charge is 0.466 e. The van der Waals surface area contributed by atoms with Gasteiger partial charge in [0.1, 0.15) is 7.59 Å². The van der Waals surface area contributed by atoms with Gasteiger partial charge in [-0.15, -0.1) is 0 Å². The van der Waals surface area contributed by atoms with Crippen LogP contribution in [-0.4, -0.2) is 58.4 Å². The Hall–Kier alpha value is 0.174. The fourth-order valence-electron chi connectivity index (χ4n) is 4.39. The van der Waals surface area contributed by atoms with E-state index in [1.807, 2.05) is 0 Å². The van der Waals surface area contributed by atoms with Crippen LogP contribution in [-0.2, 0) is 22.2 Å². The standard InChI is InChI=1S/C20H46O5Si5/c1-14-19(21)22-17-29(12)16-15-20(3,23-28(29,10)11)18(2)30(13,24-26(4,5)6)25-27(7,8)9/h14,18H,1,15-17H2,2-13H3. The second-order valence-electron chi connectivity index (χ2n) is 12.0. The molecule has 0 N–H and O–H groups in total. The first-order valence-corrected chi connectivity index (χ1v) is 27.1. The van der Waals surface area contributed by atoms with Gasteiger partial charge in [-0.05, 0) is 72.3 Å². The van der Waals surface area contributed by atoms with E-state index in [0.29, 0.717) is 6.23 Å². The average Bonchev–Trinajstić information content (AvgIpc) is 2.52. The maximum absolute atomic E-state index is 11.7. The van der Waals surface area contributed by atoms with Crippen LogP contribution in [0.4, 0.5) is 0 Å². The van der Waals surface area contributed by atoms with Crippen LogP contribution in [0.25, 0.3) is 0 Å². The maximum atomic E-state index is 11.7. The van der Waals surface area contributed by atoms with Crippen molar-refractivity contribution in [1.82, 2.24) is 0 Å². The summed E-state index contributed by atoms with van der Waals surface area (Å²) in [5, 5.41) is 0. The summed E-state index contributed by atoms with van der Waals surface area (Å²) in [5.74, 6) is -0.331. The Morgan fingerprint density at radius 3 is 1.93 bits per heavy atom. The van der Waals surface area contributed by atoms with E-state index < -0.39 is 40.6 Å². The predicted octanol–water partition coefficient (Wildman–Crippen LogP) is 5.96. The number of rotatable bonds is 9. The summed E-state index contributed by atoms with van der Waals surface area (Å²) in [7, 11) is -9.98. The molecule has 0 radical (unpaired) electrons. The summed E-state index contributed by atoms with van der Waals surface area (Å²) in [6, 6.07) is 1.10. The van der Waals surface area contributed by atoms with Crippen LogP contribution >= 0.6 is 0 Å². The van der Waals surface area contributed by atoms with E-state index >= 15 is 0 Å². The molecular weight excluding hydrogens is 461 g/mol. The van der Waals surface area contributed by atoms with Crippen molar-refractivity contribution in [2.24, 2.45) is 0 Å². The van der Waals surface area contributed by atoms with Gasteiger partial charge in [0, 0.05) is 11.6 Å². The van der Waals surface area contributed by atoms with Crippen molar-refractivity contribution in [3.63, 3.8) is 0 Å². The molecule has 3 unspecified atom stereocenters. The Balaban J connectivity index is 3.19. The first-order valence-electron chi connectivity index (χ1n) is 11.1. The monoisotopic (exact) mass is 506 g/mol. The van der Waals surface area contributed by atoms with Crippen LogP contribution in [0.2, 0.25) is 77.1 Å². The lowest BCUT2D eigenvalue weighted by Gasteiger charge is -2.56. The highest BCUT2D eigenvalue weighted by molar-refractivity contribution is 7.39. The quantitative estimate of drug-likeness (QED) is 0.219. The third-order valence-electron chi connectivity index (χ3n) is 6.53. The second kappa shape index (κ2) is 9.20. The molecule has 0 amide bonds. The molecule has 1 aliphatic heterocycles. The lowest BCUT2D eigenvalue weighted by atomic mass is 10.00. The molecule has 0 aromatic carbocycles. The zero-order valence-electron chi connectivity index (χ0n) is 21.5. The third kappa shape index (κ3) is 7.09. The van der Waals surface area contributed by atoms with Crippen molar-refractivity contribution in [2.75, 3.05) is 6.23 Å². The summed E-state index contributed by atoms with van der Waals surface area (Å²) in [6.07, 6.45) is 2.74. The van der Waals surface area contributed by atoms with Gasteiger partial charge in [-0.1, -0.05) is 26.1 Å². The van der Waals surface area contributed by atoms with E-state index in [1.165, 1.54) is 6.08 Å². The lowest BCUT2D eigenvalue weighted by Crippen LogP contribution is -2.71. The van der Waals surface area contributed by atoms with Gasteiger partial charge in [0.2, 0.25) is 0 Å². The molecule has 30 heavy (non-hydrogen) atoms. The van der Waals surface area contributed by atoms with Gasteiger partial charge >= 0.3 is 14.5 Å². The predicted molar refractivity (Wildman–Crippen MR) is 139 cm³/mol. The average molecular weight is 507 g/mol. The molecule has 1 aliphatic rings. The van der Waals surface area contributed by atoms with Gasteiger partial charge in [-0.3, -0.25) is 0 Å². The van der Waals surface area contributed by atoms with E-state index in [-0.39, 0.29) is 17.1 Å². The molecule has 3 atom stereocenters. The minimum absolute atomic E-state index is 0.213. The molecule has 10 heteroatoms. The Morgan fingerprint density at radius 2 is 1.57 bits per heavy atom. The number of esters is 1. The van der Waals surface area contributed by atoms with Crippen molar-refractivity contribution in [1.29, 1.82) is 0 Å². The lowest BCUT2D eigenvalue weighted by molar-refractivity contribution is -0.136. The number of hydrogen-bond donors (Lipinski definition) is 0. The normalized spacial score (nSPS) is 28.7. The molecule has 1 rings (SSSR count). The highest BCUT2D eigenvalue weighted by Gasteiger charge is 2.60. The van der Waals surface area contributed by atoms with Crippen LogP contribution in [0.1, 0.15) is 20.3 Å². The van der Waals surface area contributed by atoms with Gasteiger partial charge < -0.3 is 17.4 Å². The molecular formula is C20H46O5Si5. The molecule has 0 bridgehead atoms. The molecule has 0 aromatic heterocycles. The molecule has 1 saturated heterocycles. The van der Waals surface area contributed by atoms with Gasteiger partial charge in [0.05, 0.1) is 11.8 Å². The summed E-state index contributed by atoms with van der Waals surface area (Å²) >= 11 is 0. The first-order chi connectivity index (χ1) is 13.2. The highest BCUT2D eigenvalue weighted by Crippen LogP contribution is 2.49. The number of carbonyl (C=O) groups is 1. The van der Waals surface area contributed by atoms with Gasteiger partial charge in [0.25, 0.3) is 0 Å². The number of carbonyl (C=O) groups excluding carboxylic acids is 1. The summed E-state index contributed by atoms with van der Waals surface area (Å²) in [6.45, 7) is 30.8. The Kier molecular flexibility index (Phi) is 8.65. The smallest absolute Gasteiger partial charge is 0.329 e. The van der Waals surface area contributed by atoms with E-state index in [0.717, 1.165) is 12.5 Å². The van der Waals surface area contributed by atoms with Crippen LogP contribution < -0.4 is 0 Å². The summed E-state index contributed by atoms with van der Waals surface area (Å²) in [5.41, 5.74) is -0.0604. The van der Waals surface area contributed by atoms with Crippen molar-refractivity contribution in [2.45, 2.75) is 103 Å². The molecule has 0 aliphatic carbocycles. The van der Waals surface area contributed by atoms with E-state index in [9.17, 15) is 4.79 Å². The minimum Gasteiger partial charge on any atom is -0.466 e. The van der Waals surface area contributed by atoms with Crippen LogP contribution in [0, 0.1) is 0 Å². The Labute approximate surface area is 190 Å². The number of hydrogen-bond acceptors (Lipinski definition) is 5. The zero-order valence-corrected chi connectivity index (χ0v) is 26.5. The fraction of sp³-hybridized carbons (Fsp3) is 0.850. The van der Waals surface area contributed by atoms with Crippen LogP contribution in [0.15, 0.2) is 12.7 Å². The van der Waals surface area contributed by atoms with Gasteiger partial charge in [0.15, 0.2) is 24.5 Å². The second-order valence-corrected chi connectivity index (χ2v) is 39.3. The van der Waals surface area contributed by atoms with Crippen molar-refractivity contribution in [3.05, 3.63) is 12.7 Å². The first kappa shape index (κ1) is 28.2. The highest BCUT2D eigenvalue weighted by atomic mass is 29.3. The topological polar surface area (TPSA) is 54.0 Å². The molecule has 176 valence electrons. The molecule has 5 nitrogen and oxygen atoms in total. The maximum Gasteiger partial charge on any atom is 0.329 e. The van der Waals surface area contributed by atoms with Crippen LogP contribution in [0.3, 0.4) is 0 Å².